The molecule has 1 aliphatic rings. The summed E-state index contributed by atoms with van der Waals surface area (Å²) in [7, 11) is 0. The molecule has 5 rings (SSSR count). The van der Waals surface area contributed by atoms with E-state index in [0.29, 0.717) is 17.8 Å². The summed E-state index contributed by atoms with van der Waals surface area (Å²) in [5.74, 6) is -2.34. The van der Waals surface area contributed by atoms with Crippen molar-refractivity contribution in [2.24, 2.45) is 10.9 Å². The summed E-state index contributed by atoms with van der Waals surface area (Å²) in [6.45, 7) is 2.29. The number of aliphatic imine (C=N–C) groups is 1. The van der Waals surface area contributed by atoms with Gasteiger partial charge in [0.15, 0.2) is 5.78 Å². The molecule has 0 fully saturated rings. The van der Waals surface area contributed by atoms with Gasteiger partial charge in [-0.15, -0.1) is 11.3 Å². The van der Waals surface area contributed by atoms with E-state index in [1.54, 1.807) is 11.3 Å². The fourth-order valence-corrected chi connectivity index (χ4v) is 5.29. The smallest absolute Gasteiger partial charge is 0.318 e. The van der Waals surface area contributed by atoms with Crippen molar-refractivity contribution in [3.63, 3.8) is 0 Å². The summed E-state index contributed by atoms with van der Waals surface area (Å²) in [5, 5.41) is 12.8. The SMILES string of the molecule is CC(C(=O)c1ccc(-c2cccs2)cc1)C1CN=CC(C(=O)O)c2[nH]c3ccccc3c21. The number of fused-ring (bicyclic) bond motifs is 3. The van der Waals surface area contributed by atoms with E-state index in [2.05, 4.69) is 16.0 Å². The summed E-state index contributed by atoms with van der Waals surface area (Å²) in [6, 6.07) is 19.6. The molecular weight excluding hydrogens is 420 g/mol. The molecule has 6 heteroatoms. The van der Waals surface area contributed by atoms with Crippen LogP contribution in [0.25, 0.3) is 21.3 Å². The lowest BCUT2D eigenvalue weighted by Gasteiger charge is -2.22. The first kappa shape index (κ1) is 20.4. The zero-order valence-electron chi connectivity index (χ0n) is 17.5. The second-order valence-electron chi connectivity index (χ2n) is 8.14. The minimum atomic E-state index is -0.953. The van der Waals surface area contributed by atoms with Crippen molar-refractivity contribution in [1.82, 2.24) is 4.98 Å². The van der Waals surface area contributed by atoms with E-state index >= 15 is 0 Å². The number of thiophene rings is 1. The molecule has 1 aliphatic heterocycles. The molecule has 160 valence electrons. The van der Waals surface area contributed by atoms with Crippen LogP contribution in [-0.4, -0.2) is 34.6 Å². The van der Waals surface area contributed by atoms with E-state index < -0.39 is 11.9 Å². The zero-order valence-corrected chi connectivity index (χ0v) is 18.3. The average Bonchev–Trinajstić information content (AvgIpc) is 3.43. The van der Waals surface area contributed by atoms with Crippen LogP contribution in [0.5, 0.6) is 0 Å². The fourth-order valence-electron chi connectivity index (χ4n) is 4.56. The number of carboxylic acid groups (broad SMARTS) is 1. The van der Waals surface area contributed by atoms with E-state index in [0.717, 1.165) is 22.0 Å². The zero-order chi connectivity index (χ0) is 22.2. The molecule has 2 N–H and O–H groups in total. The van der Waals surface area contributed by atoms with Gasteiger partial charge >= 0.3 is 5.97 Å². The van der Waals surface area contributed by atoms with Crippen molar-refractivity contribution < 1.29 is 14.7 Å². The summed E-state index contributed by atoms with van der Waals surface area (Å²) < 4.78 is 0. The Morgan fingerprint density at radius 3 is 2.59 bits per heavy atom. The maximum absolute atomic E-state index is 13.5. The lowest BCUT2D eigenvalue weighted by molar-refractivity contribution is -0.137. The molecule has 0 radical (unpaired) electrons. The summed E-state index contributed by atoms with van der Waals surface area (Å²) >= 11 is 1.67. The Kier molecular flexibility index (Phi) is 5.23. The van der Waals surface area contributed by atoms with Crippen molar-refractivity contribution in [2.45, 2.75) is 18.8 Å². The van der Waals surface area contributed by atoms with Gasteiger partial charge in [0.2, 0.25) is 0 Å². The predicted molar refractivity (Wildman–Crippen MR) is 128 cm³/mol. The standard InChI is InChI=1S/C26H22N2O3S/c1-15(25(29)17-10-8-16(9-11-17)22-7-4-12-32-22)19-13-27-14-20(26(30)31)24-23(19)18-5-2-3-6-21(18)28-24/h2-12,14-15,19-20,28H,13H2,1H3,(H,30,31). The van der Waals surface area contributed by atoms with Gasteiger partial charge in [0.05, 0.1) is 0 Å². The molecule has 32 heavy (non-hydrogen) atoms. The van der Waals surface area contributed by atoms with Crippen LogP contribution in [0.3, 0.4) is 0 Å². The summed E-state index contributed by atoms with van der Waals surface area (Å²) in [4.78, 5) is 34.3. The number of rotatable bonds is 5. The number of aromatic amines is 1. The van der Waals surface area contributed by atoms with Gasteiger partial charge in [-0.1, -0.05) is 55.5 Å². The third kappa shape index (κ3) is 3.46. The number of H-pyrrole nitrogens is 1. The molecule has 3 atom stereocenters. The van der Waals surface area contributed by atoms with E-state index in [9.17, 15) is 14.7 Å². The number of nitrogens with zero attached hydrogens (tertiary/aromatic N) is 1. The molecule has 2 aromatic carbocycles. The third-order valence-electron chi connectivity index (χ3n) is 6.27. The van der Waals surface area contributed by atoms with Crippen molar-refractivity contribution in [2.75, 3.05) is 6.54 Å². The van der Waals surface area contributed by atoms with Crippen LogP contribution in [0.4, 0.5) is 0 Å². The van der Waals surface area contributed by atoms with Crippen LogP contribution in [-0.2, 0) is 4.79 Å². The van der Waals surface area contributed by atoms with Gasteiger partial charge in [-0.2, -0.15) is 0 Å². The number of aliphatic carboxylic acids is 1. The van der Waals surface area contributed by atoms with Gasteiger partial charge in [-0.05, 0) is 28.6 Å². The van der Waals surface area contributed by atoms with Gasteiger partial charge < -0.3 is 10.1 Å². The Labute approximate surface area is 189 Å². The quantitative estimate of drug-likeness (QED) is 0.386. The molecule has 3 heterocycles. The van der Waals surface area contributed by atoms with Crippen LogP contribution in [0, 0.1) is 5.92 Å². The Morgan fingerprint density at radius 2 is 1.88 bits per heavy atom. The molecule has 0 saturated carbocycles. The molecule has 0 bridgehead atoms. The lowest BCUT2D eigenvalue weighted by Crippen LogP contribution is -2.23. The lowest BCUT2D eigenvalue weighted by atomic mass is 9.80. The number of carbonyl (C=O) groups is 2. The minimum absolute atomic E-state index is 0.0351. The minimum Gasteiger partial charge on any atom is -0.480 e. The van der Waals surface area contributed by atoms with Crippen LogP contribution >= 0.6 is 11.3 Å². The van der Waals surface area contributed by atoms with Crippen molar-refractivity contribution in [3.05, 3.63) is 82.9 Å². The van der Waals surface area contributed by atoms with Crippen LogP contribution in [0.1, 0.15) is 40.4 Å². The predicted octanol–water partition coefficient (Wildman–Crippen LogP) is 5.75. The second kappa shape index (κ2) is 8.20. The molecule has 0 spiro atoms. The number of hydrogen-bond acceptors (Lipinski definition) is 4. The van der Waals surface area contributed by atoms with E-state index in [4.69, 9.17) is 0 Å². The Bertz CT molecular complexity index is 1320. The molecule has 4 aromatic rings. The molecule has 0 amide bonds. The van der Waals surface area contributed by atoms with Crippen molar-refractivity contribution >= 4 is 40.2 Å². The van der Waals surface area contributed by atoms with Gasteiger partial charge in [-0.25, -0.2) is 0 Å². The average molecular weight is 443 g/mol. The Morgan fingerprint density at radius 1 is 1.09 bits per heavy atom. The summed E-state index contributed by atoms with van der Waals surface area (Å²) in [5.41, 5.74) is 4.14. The molecule has 2 aromatic heterocycles. The monoisotopic (exact) mass is 442 g/mol. The Balaban J connectivity index is 1.52. The van der Waals surface area contributed by atoms with Crippen molar-refractivity contribution in [3.8, 4) is 10.4 Å². The highest BCUT2D eigenvalue weighted by Gasteiger charge is 2.35. The second-order valence-corrected chi connectivity index (χ2v) is 9.09. The largest absolute Gasteiger partial charge is 0.480 e. The van der Waals surface area contributed by atoms with Gasteiger partial charge in [-0.3, -0.25) is 14.6 Å². The molecule has 0 aliphatic carbocycles. The molecule has 0 saturated heterocycles. The maximum atomic E-state index is 13.5. The Hall–Kier alpha value is -3.51. The van der Waals surface area contributed by atoms with E-state index in [1.165, 1.54) is 11.1 Å². The highest BCUT2D eigenvalue weighted by Crippen LogP contribution is 2.40. The summed E-state index contributed by atoms with van der Waals surface area (Å²) in [6.07, 6.45) is 1.49. The highest BCUT2D eigenvalue weighted by molar-refractivity contribution is 7.13. The topological polar surface area (TPSA) is 82.5 Å². The number of hydrogen-bond donors (Lipinski definition) is 2. The maximum Gasteiger partial charge on any atom is 0.318 e. The number of carboxylic acids is 1. The van der Waals surface area contributed by atoms with Crippen LogP contribution in [0.2, 0.25) is 0 Å². The number of ketones is 1. The van der Waals surface area contributed by atoms with Gasteiger partial charge in [0.25, 0.3) is 0 Å². The van der Waals surface area contributed by atoms with E-state index in [-0.39, 0.29) is 17.6 Å². The van der Waals surface area contributed by atoms with E-state index in [1.807, 2.05) is 66.9 Å². The van der Waals surface area contributed by atoms with Gasteiger partial charge in [0.1, 0.15) is 5.92 Å². The first-order chi connectivity index (χ1) is 15.5. The van der Waals surface area contributed by atoms with Gasteiger partial charge in [0, 0.05) is 51.6 Å². The number of Topliss-reactive ketones (excluding diaryl/α,β-unsaturated/α-hetero) is 1. The van der Waals surface area contributed by atoms with Crippen molar-refractivity contribution in [1.29, 1.82) is 0 Å². The molecule has 5 nitrogen and oxygen atoms in total. The third-order valence-corrected chi connectivity index (χ3v) is 7.19. The number of carbonyl (C=O) groups excluding carboxylic acids is 1. The number of para-hydroxylation sites is 1. The number of nitrogens with one attached hydrogen (secondary N) is 1. The molecular formula is C26H22N2O3S. The van der Waals surface area contributed by atoms with Crippen LogP contribution < -0.4 is 0 Å². The first-order valence-corrected chi connectivity index (χ1v) is 11.4. The number of aromatic nitrogens is 1. The van der Waals surface area contributed by atoms with Crippen LogP contribution in [0.15, 0.2) is 71.0 Å². The first-order valence-electron chi connectivity index (χ1n) is 10.6. The normalized spacial score (nSPS) is 18.8. The molecule has 3 unspecified atom stereocenters. The number of benzene rings is 2. The fraction of sp³-hybridized carbons (Fsp3) is 0.192. The highest BCUT2D eigenvalue weighted by atomic mass is 32.1.